The van der Waals surface area contributed by atoms with Crippen molar-refractivity contribution in [2.75, 3.05) is 0 Å². The normalized spacial score (nSPS) is 16.2. The van der Waals surface area contributed by atoms with Crippen LogP contribution in [0.15, 0.2) is 11.1 Å². The van der Waals surface area contributed by atoms with Gasteiger partial charge in [0.2, 0.25) is 0 Å². The second-order valence-electron chi connectivity index (χ2n) is 4.08. The summed E-state index contributed by atoms with van der Waals surface area (Å²) < 4.78 is 0. The Kier molecular flexibility index (Phi) is 5.28. The van der Waals surface area contributed by atoms with Crippen molar-refractivity contribution in [3.05, 3.63) is 11.1 Å². The van der Waals surface area contributed by atoms with Crippen LogP contribution in [0.3, 0.4) is 0 Å². The summed E-state index contributed by atoms with van der Waals surface area (Å²) in [5.41, 5.74) is 3.20. The smallest absolute Gasteiger partial charge is 0.0183 e. The Morgan fingerprint density at radius 2 is 1.58 bits per heavy atom. The molecule has 0 radical (unpaired) electrons. The van der Waals surface area contributed by atoms with E-state index in [-0.39, 0.29) is 0 Å². The molecule has 0 saturated carbocycles. The Bertz CT molecular complexity index is 151. The molecule has 12 heavy (non-hydrogen) atoms. The predicted molar refractivity (Wildman–Crippen MR) is 57.3 cm³/mol. The molecule has 0 amide bonds. The third-order valence-corrected chi connectivity index (χ3v) is 3.00. The molecule has 0 aromatic rings. The van der Waals surface area contributed by atoms with Crippen LogP contribution >= 0.6 is 0 Å². The van der Waals surface area contributed by atoms with Crippen molar-refractivity contribution in [2.24, 2.45) is 11.8 Å². The second-order valence-corrected chi connectivity index (χ2v) is 4.08. The van der Waals surface area contributed by atoms with Crippen molar-refractivity contribution in [1.29, 1.82) is 0 Å². The molecule has 0 aliphatic heterocycles. The van der Waals surface area contributed by atoms with E-state index in [9.17, 15) is 0 Å². The minimum Gasteiger partial charge on any atom is -0.0744 e. The number of allylic oxidation sites excluding steroid dienone is 2. The lowest BCUT2D eigenvalue weighted by Gasteiger charge is -2.22. The molecule has 0 aliphatic carbocycles. The average Bonchev–Trinajstić information content (AvgIpc) is 2.03. The maximum Gasteiger partial charge on any atom is -0.0183 e. The molecule has 1 unspecified atom stereocenters. The van der Waals surface area contributed by atoms with Crippen LogP contribution < -0.4 is 0 Å². The summed E-state index contributed by atoms with van der Waals surface area (Å²) in [5.74, 6) is 1.58. The van der Waals surface area contributed by atoms with Crippen LogP contribution in [0.25, 0.3) is 0 Å². The van der Waals surface area contributed by atoms with Gasteiger partial charge in [-0.1, -0.05) is 38.8 Å². The zero-order valence-corrected chi connectivity index (χ0v) is 9.57. The highest BCUT2D eigenvalue weighted by atomic mass is 14.2. The van der Waals surface area contributed by atoms with E-state index in [0.29, 0.717) is 0 Å². The van der Waals surface area contributed by atoms with Crippen molar-refractivity contribution < 1.29 is 0 Å². The van der Waals surface area contributed by atoms with Crippen LogP contribution in [-0.2, 0) is 0 Å². The van der Waals surface area contributed by atoms with Crippen LogP contribution in [0.4, 0.5) is 0 Å². The van der Waals surface area contributed by atoms with Crippen LogP contribution in [0, 0.1) is 11.8 Å². The highest BCUT2D eigenvalue weighted by Gasteiger charge is 2.13. The van der Waals surface area contributed by atoms with E-state index in [1.165, 1.54) is 12.8 Å². The van der Waals surface area contributed by atoms with Crippen LogP contribution in [0.5, 0.6) is 0 Å². The molecular weight excluding hydrogens is 144 g/mol. The fourth-order valence-corrected chi connectivity index (χ4v) is 1.87. The van der Waals surface area contributed by atoms with Crippen LogP contribution in [-0.4, -0.2) is 0 Å². The Balaban J connectivity index is 4.51. The lowest BCUT2D eigenvalue weighted by molar-refractivity contribution is 0.426. The highest BCUT2D eigenvalue weighted by molar-refractivity contribution is 5.12. The maximum absolute atomic E-state index is 2.32. The molecule has 0 aromatic carbocycles. The lowest BCUT2D eigenvalue weighted by atomic mass is 9.84. The van der Waals surface area contributed by atoms with Gasteiger partial charge in [0, 0.05) is 0 Å². The monoisotopic (exact) mass is 168 g/mol. The summed E-state index contributed by atoms with van der Waals surface area (Å²) in [6.45, 7) is 13.7. The molecule has 0 aliphatic rings. The van der Waals surface area contributed by atoms with Gasteiger partial charge in [-0.3, -0.25) is 0 Å². The summed E-state index contributed by atoms with van der Waals surface area (Å²) >= 11 is 0. The fourth-order valence-electron chi connectivity index (χ4n) is 1.87. The molecule has 0 fully saturated rings. The summed E-state index contributed by atoms with van der Waals surface area (Å²) in [7, 11) is 0. The molecule has 0 N–H and O–H groups in total. The van der Waals surface area contributed by atoms with E-state index < -0.39 is 0 Å². The average molecular weight is 168 g/mol. The standard InChI is InChI=1S/C12H24/c1-7-10(5)11(6)12(8-2)9(3)4/h9,12H,7-8H2,1-6H3/b11-10-. The van der Waals surface area contributed by atoms with E-state index in [2.05, 4.69) is 41.5 Å². The van der Waals surface area contributed by atoms with Crippen molar-refractivity contribution >= 4 is 0 Å². The highest BCUT2D eigenvalue weighted by Crippen LogP contribution is 2.26. The molecule has 0 heterocycles. The predicted octanol–water partition coefficient (Wildman–Crippen LogP) is 4.42. The Hall–Kier alpha value is -0.260. The Labute approximate surface area is 78.1 Å². The minimum atomic E-state index is 0.788. The van der Waals surface area contributed by atoms with Gasteiger partial charge in [0.1, 0.15) is 0 Å². The first kappa shape index (κ1) is 11.7. The first-order valence-corrected chi connectivity index (χ1v) is 5.20. The summed E-state index contributed by atoms with van der Waals surface area (Å²) in [5, 5.41) is 0. The van der Waals surface area contributed by atoms with Gasteiger partial charge in [-0.05, 0) is 38.5 Å². The molecule has 0 saturated heterocycles. The topological polar surface area (TPSA) is 0 Å². The first-order chi connectivity index (χ1) is 5.54. The van der Waals surface area contributed by atoms with Gasteiger partial charge in [-0.15, -0.1) is 0 Å². The van der Waals surface area contributed by atoms with Gasteiger partial charge in [-0.25, -0.2) is 0 Å². The lowest BCUT2D eigenvalue weighted by Crippen LogP contribution is -2.10. The van der Waals surface area contributed by atoms with Crippen molar-refractivity contribution in [3.8, 4) is 0 Å². The molecule has 0 nitrogen and oxygen atoms in total. The zero-order chi connectivity index (χ0) is 9.72. The van der Waals surface area contributed by atoms with Gasteiger partial charge in [0.05, 0.1) is 0 Å². The van der Waals surface area contributed by atoms with Gasteiger partial charge in [0.15, 0.2) is 0 Å². The molecular formula is C12H24. The van der Waals surface area contributed by atoms with Gasteiger partial charge >= 0.3 is 0 Å². The van der Waals surface area contributed by atoms with Crippen molar-refractivity contribution in [1.82, 2.24) is 0 Å². The molecule has 0 bridgehead atoms. The van der Waals surface area contributed by atoms with Gasteiger partial charge < -0.3 is 0 Å². The summed E-state index contributed by atoms with van der Waals surface area (Å²) in [6, 6.07) is 0. The van der Waals surface area contributed by atoms with Crippen molar-refractivity contribution in [2.45, 2.75) is 54.4 Å². The third kappa shape index (κ3) is 3.00. The number of hydrogen-bond acceptors (Lipinski definition) is 0. The summed E-state index contributed by atoms with van der Waals surface area (Å²) in [4.78, 5) is 0. The molecule has 0 rings (SSSR count). The van der Waals surface area contributed by atoms with E-state index in [0.717, 1.165) is 11.8 Å². The largest absolute Gasteiger partial charge is 0.0744 e. The van der Waals surface area contributed by atoms with Gasteiger partial charge in [-0.2, -0.15) is 0 Å². The van der Waals surface area contributed by atoms with E-state index in [1.807, 2.05) is 0 Å². The van der Waals surface area contributed by atoms with E-state index in [4.69, 9.17) is 0 Å². The molecule has 0 spiro atoms. The van der Waals surface area contributed by atoms with Crippen molar-refractivity contribution in [3.63, 3.8) is 0 Å². The Morgan fingerprint density at radius 3 is 1.83 bits per heavy atom. The van der Waals surface area contributed by atoms with Crippen LogP contribution in [0.2, 0.25) is 0 Å². The maximum atomic E-state index is 2.32. The SMILES string of the molecule is CC/C(C)=C(/C)C(CC)C(C)C. The molecule has 72 valence electrons. The zero-order valence-electron chi connectivity index (χ0n) is 9.57. The minimum absolute atomic E-state index is 0.788. The number of rotatable bonds is 4. The summed E-state index contributed by atoms with van der Waals surface area (Å²) in [6.07, 6.45) is 2.48. The Morgan fingerprint density at radius 1 is 1.08 bits per heavy atom. The molecule has 0 aromatic heterocycles. The van der Waals surface area contributed by atoms with E-state index in [1.54, 1.807) is 11.1 Å². The second kappa shape index (κ2) is 5.40. The molecule has 1 atom stereocenters. The fraction of sp³-hybridized carbons (Fsp3) is 0.833. The van der Waals surface area contributed by atoms with Gasteiger partial charge in [0.25, 0.3) is 0 Å². The number of hydrogen-bond donors (Lipinski definition) is 0. The quantitative estimate of drug-likeness (QED) is 0.545. The van der Waals surface area contributed by atoms with E-state index >= 15 is 0 Å². The van der Waals surface area contributed by atoms with Crippen LogP contribution in [0.1, 0.15) is 54.4 Å². The molecule has 0 heteroatoms. The first-order valence-electron chi connectivity index (χ1n) is 5.20. The third-order valence-electron chi connectivity index (χ3n) is 3.00.